The molecule has 4 rings (SSSR count). The molecule has 0 atom stereocenters. The van der Waals surface area contributed by atoms with Crippen LogP contribution in [0.25, 0.3) is 0 Å². The number of hydrogen-bond donors (Lipinski definition) is 1. The maximum atomic E-state index is 4.46. The van der Waals surface area contributed by atoms with Crippen molar-refractivity contribution in [3.8, 4) is 0 Å². The van der Waals surface area contributed by atoms with Crippen LogP contribution in [0, 0.1) is 0 Å². The van der Waals surface area contributed by atoms with Gasteiger partial charge in [0, 0.05) is 24.8 Å². The molecule has 1 N–H and O–H groups in total. The van der Waals surface area contributed by atoms with Crippen molar-refractivity contribution >= 4 is 12.4 Å². The van der Waals surface area contributed by atoms with Gasteiger partial charge in [0.2, 0.25) is 0 Å². The van der Waals surface area contributed by atoms with E-state index in [0.29, 0.717) is 0 Å². The van der Waals surface area contributed by atoms with Crippen LogP contribution < -0.4 is 5.32 Å². The third-order valence-corrected chi connectivity index (χ3v) is 4.70. The highest BCUT2D eigenvalue weighted by molar-refractivity contribution is 5.85. The van der Waals surface area contributed by atoms with E-state index in [0.717, 1.165) is 19.6 Å². The Morgan fingerprint density at radius 1 is 0.880 bits per heavy atom. The molecule has 0 aliphatic heterocycles. The summed E-state index contributed by atoms with van der Waals surface area (Å²) in [5.41, 5.74) is 6.98. The Balaban J connectivity index is 0.00000182. The average Bonchev–Trinajstić information content (AvgIpc) is 3.25. The SMILES string of the molecule is Cl.c1ccc(Cn2cc(CNCc3ccc4c(c3)CCC4)cn2)cc1. The van der Waals surface area contributed by atoms with E-state index in [4.69, 9.17) is 0 Å². The first-order valence-corrected chi connectivity index (χ1v) is 8.73. The normalized spacial score (nSPS) is 12.6. The fraction of sp³-hybridized carbons (Fsp3) is 0.286. The Hall–Kier alpha value is -2.10. The van der Waals surface area contributed by atoms with Gasteiger partial charge < -0.3 is 5.32 Å². The van der Waals surface area contributed by atoms with Crippen molar-refractivity contribution in [2.24, 2.45) is 0 Å². The van der Waals surface area contributed by atoms with E-state index in [1.54, 1.807) is 11.1 Å². The van der Waals surface area contributed by atoms with Crippen molar-refractivity contribution in [3.05, 3.63) is 88.7 Å². The van der Waals surface area contributed by atoms with Gasteiger partial charge in [0.1, 0.15) is 0 Å². The van der Waals surface area contributed by atoms with Gasteiger partial charge >= 0.3 is 0 Å². The predicted octanol–water partition coefficient (Wildman–Crippen LogP) is 4.13. The van der Waals surface area contributed by atoms with Gasteiger partial charge in [0.05, 0.1) is 12.7 Å². The molecule has 0 spiro atoms. The zero-order chi connectivity index (χ0) is 16.2. The average molecular weight is 354 g/mol. The molecule has 1 aromatic heterocycles. The van der Waals surface area contributed by atoms with Gasteiger partial charge in [-0.1, -0.05) is 48.5 Å². The number of rotatable bonds is 6. The zero-order valence-corrected chi connectivity index (χ0v) is 15.1. The zero-order valence-electron chi connectivity index (χ0n) is 14.3. The molecule has 0 fully saturated rings. The Bertz CT molecular complexity index is 811. The standard InChI is InChI=1S/C21H23N3.ClH/c1-2-5-17(6-3-1)15-24-16-19(14-23-24)13-22-12-18-9-10-20-7-4-8-21(20)11-18;/h1-3,5-6,9-11,14,16,22H,4,7-8,12-13,15H2;1H. The lowest BCUT2D eigenvalue weighted by molar-refractivity contribution is 0.677. The molecule has 1 aliphatic carbocycles. The lowest BCUT2D eigenvalue weighted by atomic mass is 10.1. The number of hydrogen-bond acceptors (Lipinski definition) is 2. The highest BCUT2D eigenvalue weighted by Crippen LogP contribution is 2.22. The van der Waals surface area contributed by atoms with Crippen molar-refractivity contribution in [2.75, 3.05) is 0 Å². The summed E-state index contributed by atoms with van der Waals surface area (Å²) in [5.74, 6) is 0. The minimum Gasteiger partial charge on any atom is -0.309 e. The molecular weight excluding hydrogens is 330 g/mol. The van der Waals surface area contributed by atoms with Crippen molar-refractivity contribution < 1.29 is 0 Å². The second-order valence-electron chi connectivity index (χ2n) is 6.59. The van der Waals surface area contributed by atoms with Gasteiger partial charge in [0.15, 0.2) is 0 Å². The highest BCUT2D eigenvalue weighted by Gasteiger charge is 2.10. The number of fused-ring (bicyclic) bond motifs is 1. The van der Waals surface area contributed by atoms with Crippen LogP contribution in [0.5, 0.6) is 0 Å². The molecule has 2 aromatic carbocycles. The first-order valence-electron chi connectivity index (χ1n) is 8.73. The maximum absolute atomic E-state index is 4.46. The fourth-order valence-corrected chi connectivity index (χ4v) is 3.44. The first-order chi connectivity index (χ1) is 11.9. The van der Waals surface area contributed by atoms with Crippen molar-refractivity contribution in [1.29, 1.82) is 0 Å². The van der Waals surface area contributed by atoms with Crippen LogP contribution in [-0.4, -0.2) is 9.78 Å². The third kappa shape index (κ3) is 4.50. The van der Waals surface area contributed by atoms with E-state index in [2.05, 4.69) is 59.1 Å². The van der Waals surface area contributed by atoms with Gasteiger partial charge in [-0.05, 0) is 41.5 Å². The summed E-state index contributed by atoms with van der Waals surface area (Å²) in [6.45, 7) is 2.59. The first kappa shape index (κ1) is 17.7. The van der Waals surface area contributed by atoms with E-state index in [9.17, 15) is 0 Å². The molecule has 0 saturated heterocycles. The Morgan fingerprint density at radius 3 is 2.56 bits per heavy atom. The number of aromatic nitrogens is 2. The summed E-state index contributed by atoms with van der Waals surface area (Å²) in [6.07, 6.45) is 7.90. The number of benzene rings is 2. The molecule has 0 amide bonds. The molecule has 4 heteroatoms. The van der Waals surface area contributed by atoms with E-state index < -0.39 is 0 Å². The summed E-state index contributed by atoms with van der Waals surface area (Å²) < 4.78 is 2.00. The van der Waals surface area contributed by atoms with Crippen molar-refractivity contribution in [1.82, 2.24) is 15.1 Å². The molecule has 0 bridgehead atoms. The van der Waals surface area contributed by atoms with Crippen molar-refractivity contribution in [2.45, 2.75) is 38.9 Å². The predicted molar refractivity (Wildman–Crippen MR) is 104 cm³/mol. The van der Waals surface area contributed by atoms with E-state index >= 15 is 0 Å². The van der Waals surface area contributed by atoms with Crippen LogP contribution in [0.3, 0.4) is 0 Å². The largest absolute Gasteiger partial charge is 0.309 e. The second kappa shape index (κ2) is 8.32. The van der Waals surface area contributed by atoms with Crippen LogP contribution in [0.2, 0.25) is 0 Å². The number of aryl methyl sites for hydroxylation is 2. The second-order valence-corrected chi connectivity index (χ2v) is 6.59. The molecular formula is C21H24ClN3. The molecule has 0 unspecified atom stereocenters. The summed E-state index contributed by atoms with van der Waals surface area (Å²) >= 11 is 0. The number of halogens is 1. The van der Waals surface area contributed by atoms with Gasteiger partial charge in [-0.15, -0.1) is 12.4 Å². The molecule has 130 valence electrons. The smallest absolute Gasteiger partial charge is 0.0659 e. The summed E-state index contributed by atoms with van der Waals surface area (Å²) in [6, 6.07) is 17.4. The topological polar surface area (TPSA) is 29.9 Å². The minimum absolute atomic E-state index is 0. The van der Waals surface area contributed by atoms with Gasteiger partial charge in [0.25, 0.3) is 0 Å². The molecule has 1 aliphatic rings. The third-order valence-electron chi connectivity index (χ3n) is 4.70. The summed E-state index contributed by atoms with van der Waals surface area (Å²) in [5, 5.41) is 7.99. The van der Waals surface area contributed by atoms with Crippen LogP contribution >= 0.6 is 12.4 Å². The maximum Gasteiger partial charge on any atom is 0.0659 e. The minimum atomic E-state index is 0. The fourth-order valence-electron chi connectivity index (χ4n) is 3.44. The Morgan fingerprint density at radius 2 is 1.68 bits per heavy atom. The van der Waals surface area contributed by atoms with Gasteiger partial charge in [-0.2, -0.15) is 5.10 Å². The molecule has 0 saturated carbocycles. The van der Waals surface area contributed by atoms with Crippen LogP contribution in [0.15, 0.2) is 60.9 Å². The van der Waals surface area contributed by atoms with E-state index in [1.807, 2.05) is 16.9 Å². The molecule has 3 aromatic rings. The molecule has 0 radical (unpaired) electrons. The molecule has 1 heterocycles. The van der Waals surface area contributed by atoms with Crippen LogP contribution in [-0.2, 0) is 32.5 Å². The van der Waals surface area contributed by atoms with Crippen molar-refractivity contribution in [3.63, 3.8) is 0 Å². The lowest BCUT2D eigenvalue weighted by Gasteiger charge is -2.06. The van der Waals surface area contributed by atoms with Gasteiger partial charge in [-0.25, -0.2) is 0 Å². The Labute approximate surface area is 155 Å². The number of nitrogens with one attached hydrogen (secondary N) is 1. The number of nitrogens with zero attached hydrogens (tertiary/aromatic N) is 2. The monoisotopic (exact) mass is 353 g/mol. The quantitative estimate of drug-likeness (QED) is 0.722. The lowest BCUT2D eigenvalue weighted by Crippen LogP contribution is -2.12. The van der Waals surface area contributed by atoms with E-state index in [1.165, 1.54) is 36.0 Å². The van der Waals surface area contributed by atoms with E-state index in [-0.39, 0.29) is 12.4 Å². The summed E-state index contributed by atoms with van der Waals surface area (Å²) in [7, 11) is 0. The van der Waals surface area contributed by atoms with Gasteiger partial charge in [-0.3, -0.25) is 4.68 Å². The highest BCUT2D eigenvalue weighted by atomic mass is 35.5. The van der Waals surface area contributed by atoms with Crippen LogP contribution in [0.1, 0.15) is 34.2 Å². The summed E-state index contributed by atoms with van der Waals surface area (Å²) in [4.78, 5) is 0. The van der Waals surface area contributed by atoms with Crippen LogP contribution in [0.4, 0.5) is 0 Å². The molecule has 3 nitrogen and oxygen atoms in total. The Kier molecular flexibility index (Phi) is 5.90. The molecule has 25 heavy (non-hydrogen) atoms.